The van der Waals surface area contributed by atoms with Gasteiger partial charge in [0.15, 0.2) is 6.10 Å². The van der Waals surface area contributed by atoms with Crippen molar-refractivity contribution in [2.24, 2.45) is 5.73 Å². The van der Waals surface area contributed by atoms with Crippen molar-refractivity contribution >= 4 is 23.6 Å². The number of hydrogen-bond acceptors (Lipinski definition) is 4. The van der Waals surface area contributed by atoms with Crippen molar-refractivity contribution in [3.63, 3.8) is 0 Å². The first-order valence-corrected chi connectivity index (χ1v) is 7.70. The lowest BCUT2D eigenvalue weighted by Gasteiger charge is -2.25. The van der Waals surface area contributed by atoms with Crippen molar-refractivity contribution in [2.45, 2.75) is 18.7 Å². The highest BCUT2D eigenvalue weighted by Gasteiger charge is 2.41. The molecule has 0 bridgehead atoms. The molecule has 2 aromatic rings. The molecule has 2 amide bonds. The first-order valence-electron chi connectivity index (χ1n) is 7.32. The molecule has 2 N–H and O–H groups in total. The molecule has 11 heteroatoms. The zero-order chi connectivity index (χ0) is 19.0. The van der Waals surface area contributed by atoms with Gasteiger partial charge in [-0.2, -0.15) is 13.9 Å². The first-order chi connectivity index (χ1) is 12.3. The Bertz CT molecular complexity index is 860. The summed E-state index contributed by atoms with van der Waals surface area (Å²) in [6.07, 6.45) is -1.05. The molecule has 2 heterocycles. The first kappa shape index (κ1) is 18.1. The average molecular weight is 389 g/mol. The number of amides is 2. The predicted octanol–water partition coefficient (Wildman–Crippen LogP) is 2.47. The number of cyclic esters (lactones) is 1. The van der Waals surface area contributed by atoms with Crippen LogP contribution in [0.25, 0.3) is 0 Å². The Hall–Kier alpha value is -2.75. The van der Waals surface area contributed by atoms with Crippen LogP contribution < -0.4 is 5.73 Å². The molecule has 0 aliphatic carbocycles. The van der Waals surface area contributed by atoms with E-state index in [2.05, 4.69) is 5.10 Å². The van der Waals surface area contributed by atoms with Crippen LogP contribution in [-0.2, 0) is 9.53 Å². The molecule has 1 fully saturated rings. The summed E-state index contributed by atoms with van der Waals surface area (Å²) in [5.74, 6) is -1.54. The third-order valence-corrected chi connectivity index (χ3v) is 4.13. The molecule has 1 aliphatic rings. The number of ether oxygens (including phenoxy) is 1. The van der Waals surface area contributed by atoms with Crippen molar-refractivity contribution in [1.29, 1.82) is 0 Å². The van der Waals surface area contributed by atoms with Gasteiger partial charge in [-0.1, -0.05) is 17.7 Å². The molecule has 3 rings (SSSR count). The number of benzene rings is 1. The summed E-state index contributed by atoms with van der Waals surface area (Å²) < 4.78 is 44.5. The van der Waals surface area contributed by atoms with Gasteiger partial charge in [0.1, 0.15) is 11.9 Å². The Balaban J connectivity index is 2.05. The lowest BCUT2D eigenvalue weighted by atomic mass is 10.0. The third kappa shape index (κ3) is 3.32. The molecular weight excluding hydrogens is 377 g/mol. The van der Waals surface area contributed by atoms with E-state index in [9.17, 15) is 22.8 Å². The maximum absolute atomic E-state index is 13.5. The summed E-state index contributed by atoms with van der Waals surface area (Å²) in [5, 5.41) is 3.53. The number of hydrogen-bond donors (Lipinski definition) is 1. The van der Waals surface area contributed by atoms with E-state index in [-0.39, 0.29) is 17.3 Å². The van der Waals surface area contributed by atoms with Gasteiger partial charge in [-0.3, -0.25) is 9.69 Å². The van der Waals surface area contributed by atoms with Gasteiger partial charge in [0.25, 0.3) is 5.91 Å². The van der Waals surface area contributed by atoms with Gasteiger partial charge >= 0.3 is 12.6 Å². The number of aromatic nitrogens is 2. The van der Waals surface area contributed by atoms with Crippen LogP contribution in [0.3, 0.4) is 0 Å². The fourth-order valence-electron chi connectivity index (χ4n) is 2.64. The number of primary amides is 1. The second kappa shape index (κ2) is 6.87. The van der Waals surface area contributed by atoms with Crippen LogP contribution in [0.1, 0.15) is 23.8 Å². The molecule has 0 saturated carbocycles. The summed E-state index contributed by atoms with van der Waals surface area (Å²) in [7, 11) is 0. The van der Waals surface area contributed by atoms with E-state index < -0.39 is 36.5 Å². The Morgan fingerprint density at radius 3 is 2.65 bits per heavy atom. The van der Waals surface area contributed by atoms with Gasteiger partial charge in [-0.25, -0.2) is 13.9 Å². The minimum atomic E-state index is -2.88. The molecule has 1 aromatic carbocycles. The highest BCUT2D eigenvalue weighted by Crippen LogP contribution is 2.33. The van der Waals surface area contributed by atoms with E-state index in [1.807, 2.05) is 0 Å². The highest BCUT2D eigenvalue weighted by molar-refractivity contribution is 6.30. The minimum Gasteiger partial charge on any atom is -0.434 e. The second-order valence-corrected chi connectivity index (χ2v) is 5.91. The number of rotatable bonds is 5. The Kier molecular flexibility index (Phi) is 4.77. The van der Waals surface area contributed by atoms with Crippen LogP contribution in [0.4, 0.5) is 18.0 Å². The molecule has 1 aliphatic heterocycles. The number of nitrogens with zero attached hydrogens (tertiary/aromatic N) is 3. The molecule has 0 spiro atoms. The van der Waals surface area contributed by atoms with E-state index in [1.165, 1.54) is 18.2 Å². The van der Waals surface area contributed by atoms with Gasteiger partial charge in [0.2, 0.25) is 0 Å². The summed E-state index contributed by atoms with van der Waals surface area (Å²) in [6, 6.07) is 3.90. The van der Waals surface area contributed by atoms with Gasteiger partial charge < -0.3 is 10.5 Å². The van der Waals surface area contributed by atoms with Crippen molar-refractivity contribution < 1.29 is 27.5 Å². The lowest BCUT2D eigenvalue weighted by molar-refractivity contribution is -0.124. The third-order valence-electron chi connectivity index (χ3n) is 3.84. The van der Waals surface area contributed by atoms with E-state index in [4.69, 9.17) is 22.1 Å². The number of carbonyl (C=O) groups is 2. The second-order valence-electron chi connectivity index (χ2n) is 5.50. The monoisotopic (exact) mass is 388 g/mol. The quantitative estimate of drug-likeness (QED) is 0.852. The molecule has 1 saturated heterocycles. The van der Waals surface area contributed by atoms with E-state index >= 15 is 0 Å². The van der Waals surface area contributed by atoms with E-state index in [0.29, 0.717) is 10.2 Å². The number of alkyl halides is 2. The van der Waals surface area contributed by atoms with Gasteiger partial charge in [0, 0.05) is 6.20 Å². The maximum atomic E-state index is 13.5. The molecule has 1 unspecified atom stereocenters. The van der Waals surface area contributed by atoms with E-state index in [1.54, 1.807) is 0 Å². The van der Waals surface area contributed by atoms with Crippen LogP contribution in [0.2, 0.25) is 5.02 Å². The zero-order valence-electron chi connectivity index (χ0n) is 13.0. The molecule has 138 valence electrons. The summed E-state index contributed by atoms with van der Waals surface area (Å²) >= 11 is 5.79. The summed E-state index contributed by atoms with van der Waals surface area (Å²) in [5.41, 5.74) is 5.52. The van der Waals surface area contributed by atoms with Crippen LogP contribution in [0.15, 0.2) is 30.5 Å². The fraction of sp³-hybridized carbons (Fsp3) is 0.267. The lowest BCUT2D eigenvalue weighted by Crippen LogP contribution is -2.35. The van der Waals surface area contributed by atoms with Crippen molar-refractivity contribution in [1.82, 2.24) is 14.7 Å². The van der Waals surface area contributed by atoms with Crippen molar-refractivity contribution in [3.8, 4) is 0 Å². The van der Waals surface area contributed by atoms with E-state index in [0.717, 1.165) is 17.2 Å². The highest BCUT2D eigenvalue weighted by atomic mass is 35.5. The fourth-order valence-corrected chi connectivity index (χ4v) is 2.83. The largest absolute Gasteiger partial charge is 0.434 e. The summed E-state index contributed by atoms with van der Waals surface area (Å²) in [6.45, 7) is -3.10. The SMILES string of the molecule is NC(=O)C1CN([C@H](c2ccc(F)c(Cl)c2)c2ccn(C(F)F)n2)C(=O)O1. The van der Waals surface area contributed by atoms with Crippen LogP contribution in [0.5, 0.6) is 0 Å². The Labute approximate surface area is 150 Å². The number of nitrogens with two attached hydrogens (primary N) is 1. The smallest absolute Gasteiger partial charge is 0.411 e. The normalized spacial score (nSPS) is 18.3. The number of carbonyl (C=O) groups excluding carboxylic acids is 2. The Morgan fingerprint density at radius 1 is 1.38 bits per heavy atom. The van der Waals surface area contributed by atoms with Gasteiger partial charge in [-0.15, -0.1) is 0 Å². The topological polar surface area (TPSA) is 90.5 Å². The molecule has 26 heavy (non-hydrogen) atoms. The molecule has 0 radical (unpaired) electrons. The zero-order valence-corrected chi connectivity index (χ0v) is 13.7. The number of halogens is 4. The van der Waals surface area contributed by atoms with Crippen molar-refractivity contribution in [2.75, 3.05) is 6.54 Å². The Morgan fingerprint density at radius 2 is 2.12 bits per heavy atom. The standard InChI is InChI=1S/C15H12ClF3N4O3/c16-8-5-7(1-2-9(8)17)12(10-3-4-23(21-10)14(18)19)22-6-11(13(20)24)26-15(22)25/h1-5,11-12,14H,6H2,(H2,20,24)/t11?,12-/m1/s1. The predicted molar refractivity (Wildman–Crippen MR) is 82.9 cm³/mol. The van der Waals surface area contributed by atoms with Crippen LogP contribution >= 0.6 is 11.6 Å². The minimum absolute atomic E-state index is 0.0649. The average Bonchev–Trinajstić information content (AvgIpc) is 3.19. The molecule has 2 atom stereocenters. The van der Waals surface area contributed by atoms with Crippen LogP contribution in [-0.4, -0.2) is 39.3 Å². The van der Waals surface area contributed by atoms with Gasteiger partial charge in [0.05, 0.1) is 17.3 Å². The van der Waals surface area contributed by atoms with Crippen LogP contribution in [0, 0.1) is 5.82 Å². The molecular formula is C15H12ClF3N4O3. The summed E-state index contributed by atoms with van der Waals surface area (Å²) in [4.78, 5) is 24.6. The van der Waals surface area contributed by atoms with Gasteiger partial charge in [-0.05, 0) is 23.8 Å². The van der Waals surface area contributed by atoms with Crippen molar-refractivity contribution in [3.05, 3.63) is 52.6 Å². The maximum Gasteiger partial charge on any atom is 0.411 e. The molecule has 7 nitrogen and oxygen atoms in total. The molecule has 1 aromatic heterocycles.